The smallest absolute Gasteiger partial charge is 0.220 e. The molecule has 0 aromatic heterocycles. The van der Waals surface area contributed by atoms with E-state index < -0.39 is 0 Å². The molecule has 1 aliphatic carbocycles. The molecular formula is C10H18BrNO2. The van der Waals surface area contributed by atoms with E-state index in [1.165, 1.54) is 6.42 Å². The summed E-state index contributed by atoms with van der Waals surface area (Å²) in [6.07, 6.45) is 3.97. The minimum absolute atomic E-state index is 0.102. The van der Waals surface area contributed by atoms with Crippen molar-refractivity contribution in [3.05, 3.63) is 0 Å². The number of nitrogens with one attached hydrogen (secondary N) is 1. The lowest BCUT2D eigenvalue weighted by molar-refractivity contribution is -0.120. The van der Waals surface area contributed by atoms with Crippen LogP contribution in [0.3, 0.4) is 0 Å². The Morgan fingerprint density at radius 3 is 2.79 bits per heavy atom. The number of hydrogen-bond acceptors (Lipinski definition) is 2. The number of carbonyl (C=O) groups excluding carboxylic acids is 1. The summed E-state index contributed by atoms with van der Waals surface area (Å²) in [5, 5.41) is 12.7. The zero-order valence-electron chi connectivity index (χ0n) is 8.34. The molecule has 0 heterocycles. The fourth-order valence-corrected chi connectivity index (χ4v) is 2.40. The van der Waals surface area contributed by atoms with Gasteiger partial charge in [-0.15, -0.1) is 0 Å². The summed E-state index contributed by atoms with van der Waals surface area (Å²) in [7, 11) is 0. The highest BCUT2D eigenvalue weighted by Crippen LogP contribution is 2.30. The molecule has 4 heteroatoms. The summed E-state index contributed by atoms with van der Waals surface area (Å²) in [6.45, 7) is 0.996. The maximum absolute atomic E-state index is 11.2. The van der Waals surface area contributed by atoms with Crippen LogP contribution in [0.1, 0.15) is 25.7 Å². The number of hydrogen-bond donors (Lipinski definition) is 2. The van der Waals surface area contributed by atoms with Crippen LogP contribution in [0.15, 0.2) is 0 Å². The first kappa shape index (κ1) is 12.0. The van der Waals surface area contributed by atoms with Crippen LogP contribution in [0.4, 0.5) is 0 Å². The highest BCUT2D eigenvalue weighted by atomic mass is 79.9. The average molecular weight is 264 g/mol. The van der Waals surface area contributed by atoms with E-state index >= 15 is 0 Å². The van der Waals surface area contributed by atoms with Crippen molar-refractivity contribution in [3.63, 3.8) is 0 Å². The fraction of sp³-hybridized carbons (Fsp3) is 0.900. The van der Waals surface area contributed by atoms with Crippen LogP contribution < -0.4 is 5.32 Å². The number of aliphatic hydroxyl groups excluding tert-OH is 1. The Morgan fingerprint density at radius 1 is 1.43 bits per heavy atom. The highest BCUT2D eigenvalue weighted by Gasteiger charge is 2.26. The molecule has 0 radical (unpaired) electrons. The number of amides is 1. The Bertz CT molecular complexity index is 187. The van der Waals surface area contributed by atoms with Crippen molar-refractivity contribution in [1.29, 1.82) is 0 Å². The molecule has 2 N–H and O–H groups in total. The first-order chi connectivity index (χ1) is 6.77. The van der Waals surface area contributed by atoms with Crippen molar-refractivity contribution in [2.75, 3.05) is 18.5 Å². The molecule has 1 rings (SSSR count). The number of halogens is 1. The first-order valence-corrected chi connectivity index (χ1v) is 6.33. The second kappa shape index (κ2) is 6.40. The Kier molecular flexibility index (Phi) is 5.48. The van der Waals surface area contributed by atoms with E-state index in [4.69, 9.17) is 5.11 Å². The van der Waals surface area contributed by atoms with E-state index in [0.29, 0.717) is 23.6 Å². The summed E-state index contributed by atoms with van der Waals surface area (Å²) in [6, 6.07) is 0. The molecule has 1 saturated carbocycles. The molecule has 0 aliphatic heterocycles. The van der Waals surface area contributed by atoms with Gasteiger partial charge < -0.3 is 10.4 Å². The SMILES string of the molecule is O=C(CCBr)NCC1CCCC1CO. The number of carbonyl (C=O) groups is 1. The van der Waals surface area contributed by atoms with Gasteiger partial charge in [-0.1, -0.05) is 22.4 Å². The maximum atomic E-state index is 11.2. The van der Waals surface area contributed by atoms with Crippen LogP contribution in [0.2, 0.25) is 0 Å². The largest absolute Gasteiger partial charge is 0.396 e. The van der Waals surface area contributed by atoms with Gasteiger partial charge in [0.2, 0.25) is 5.91 Å². The predicted octanol–water partition coefficient (Wildman–Crippen LogP) is 1.30. The third-order valence-corrected chi connectivity index (χ3v) is 3.33. The highest BCUT2D eigenvalue weighted by molar-refractivity contribution is 9.09. The molecule has 2 atom stereocenters. The molecule has 0 aromatic rings. The number of rotatable bonds is 5. The van der Waals surface area contributed by atoms with Gasteiger partial charge in [-0.3, -0.25) is 4.79 Å². The van der Waals surface area contributed by atoms with E-state index in [1.54, 1.807) is 0 Å². The molecule has 0 saturated heterocycles. The van der Waals surface area contributed by atoms with E-state index in [9.17, 15) is 4.79 Å². The summed E-state index contributed by atoms with van der Waals surface area (Å²) < 4.78 is 0. The summed E-state index contributed by atoms with van der Waals surface area (Å²) in [5.41, 5.74) is 0. The fourth-order valence-electron chi connectivity index (χ4n) is 2.04. The van der Waals surface area contributed by atoms with Gasteiger partial charge in [-0.25, -0.2) is 0 Å². The molecule has 0 spiro atoms. The van der Waals surface area contributed by atoms with Crippen molar-refractivity contribution in [3.8, 4) is 0 Å². The van der Waals surface area contributed by atoms with Crippen LogP contribution in [-0.4, -0.2) is 29.5 Å². The van der Waals surface area contributed by atoms with Crippen LogP contribution >= 0.6 is 15.9 Å². The van der Waals surface area contributed by atoms with Gasteiger partial charge in [0, 0.05) is 24.9 Å². The molecule has 0 bridgehead atoms. The van der Waals surface area contributed by atoms with Crippen molar-refractivity contribution in [2.45, 2.75) is 25.7 Å². The van der Waals surface area contributed by atoms with Gasteiger partial charge in [0.1, 0.15) is 0 Å². The lowest BCUT2D eigenvalue weighted by Crippen LogP contribution is -2.31. The predicted molar refractivity (Wildman–Crippen MR) is 59.3 cm³/mol. The minimum atomic E-state index is 0.102. The molecule has 3 nitrogen and oxygen atoms in total. The molecule has 1 amide bonds. The Balaban J connectivity index is 2.20. The summed E-state index contributed by atoms with van der Waals surface area (Å²) in [4.78, 5) is 11.2. The average Bonchev–Trinajstić information content (AvgIpc) is 2.62. The quantitative estimate of drug-likeness (QED) is 0.735. The van der Waals surface area contributed by atoms with Gasteiger partial charge >= 0.3 is 0 Å². The third kappa shape index (κ3) is 3.58. The van der Waals surface area contributed by atoms with Crippen molar-refractivity contribution >= 4 is 21.8 Å². The molecule has 1 aliphatic rings. The van der Waals surface area contributed by atoms with Crippen LogP contribution in [-0.2, 0) is 4.79 Å². The van der Waals surface area contributed by atoms with Gasteiger partial charge in [0.05, 0.1) is 0 Å². The normalized spacial score (nSPS) is 26.4. The van der Waals surface area contributed by atoms with E-state index in [-0.39, 0.29) is 12.5 Å². The van der Waals surface area contributed by atoms with Gasteiger partial charge in [-0.2, -0.15) is 0 Å². The summed E-state index contributed by atoms with van der Waals surface area (Å²) in [5.74, 6) is 0.990. The molecule has 1 fully saturated rings. The van der Waals surface area contributed by atoms with Crippen molar-refractivity contribution < 1.29 is 9.90 Å². The Hall–Kier alpha value is -0.0900. The van der Waals surface area contributed by atoms with Crippen LogP contribution in [0.5, 0.6) is 0 Å². The Morgan fingerprint density at radius 2 is 2.14 bits per heavy atom. The summed E-state index contributed by atoms with van der Waals surface area (Å²) >= 11 is 3.23. The molecule has 2 unspecified atom stereocenters. The monoisotopic (exact) mass is 263 g/mol. The number of aliphatic hydroxyl groups is 1. The third-order valence-electron chi connectivity index (χ3n) is 2.93. The second-order valence-electron chi connectivity index (χ2n) is 3.88. The van der Waals surface area contributed by atoms with E-state index in [0.717, 1.165) is 19.4 Å². The van der Waals surface area contributed by atoms with E-state index in [2.05, 4.69) is 21.2 Å². The molecule has 14 heavy (non-hydrogen) atoms. The zero-order chi connectivity index (χ0) is 10.4. The van der Waals surface area contributed by atoms with Gasteiger partial charge in [0.25, 0.3) is 0 Å². The second-order valence-corrected chi connectivity index (χ2v) is 4.67. The van der Waals surface area contributed by atoms with Gasteiger partial charge in [-0.05, 0) is 24.7 Å². The topological polar surface area (TPSA) is 49.3 Å². The lowest BCUT2D eigenvalue weighted by atomic mass is 9.97. The number of alkyl halides is 1. The van der Waals surface area contributed by atoms with Crippen LogP contribution in [0.25, 0.3) is 0 Å². The van der Waals surface area contributed by atoms with E-state index in [1.807, 2.05) is 0 Å². The Labute approximate surface area is 93.4 Å². The van der Waals surface area contributed by atoms with Gasteiger partial charge in [0.15, 0.2) is 0 Å². The zero-order valence-corrected chi connectivity index (χ0v) is 9.92. The van der Waals surface area contributed by atoms with Crippen molar-refractivity contribution in [1.82, 2.24) is 5.32 Å². The standard InChI is InChI=1S/C10H18BrNO2/c11-5-4-10(14)12-6-8-2-1-3-9(8)7-13/h8-9,13H,1-7H2,(H,12,14). The maximum Gasteiger partial charge on any atom is 0.220 e. The first-order valence-electron chi connectivity index (χ1n) is 5.21. The molecule has 0 aromatic carbocycles. The lowest BCUT2D eigenvalue weighted by Gasteiger charge is -2.17. The van der Waals surface area contributed by atoms with Crippen molar-refractivity contribution in [2.24, 2.45) is 11.8 Å². The minimum Gasteiger partial charge on any atom is -0.396 e. The molecule has 82 valence electrons. The molecular weight excluding hydrogens is 246 g/mol. The van der Waals surface area contributed by atoms with Crippen LogP contribution in [0, 0.1) is 11.8 Å².